The van der Waals surface area contributed by atoms with Crippen LogP contribution in [0.15, 0.2) is 54.6 Å². The van der Waals surface area contributed by atoms with E-state index in [-0.39, 0.29) is 11.5 Å². The molecule has 0 unspecified atom stereocenters. The van der Waals surface area contributed by atoms with E-state index in [0.29, 0.717) is 28.9 Å². The Bertz CT molecular complexity index is 1280. The number of alkyl halides is 3. The lowest BCUT2D eigenvalue weighted by molar-refractivity contribution is -0.0500. The molecule has 0 fully saturated rings. The van der Waals surface area contributed by atoms with E-state index in [0.717, 1.165) is 32.0 Å². The van der Waals surface area contributed by atoms with Crippen LogP contribution in [0, 0.1) is 0 Å². The van der Waals surface area contributed by atoms with Gasteiger partial charge in [-0.1, -0.05) is 25.8 Å². The van der Waals surface area contributed by atoms with Crippen LogP contribution in [-0.2, 0) is 10.1 Å². The average molecular weight is 542 g/mol. The minimum Gasteiger partial charge on any atom is -0.497 e. The van der Waals surface area contributed by atoms with E-state index >= 15 is 0 Å². The summed E-state index contributed by atoms with van der Waals surface area (Å²) in [6, 6.07) is 13.8. The van der Waals surface area contributed by atoms with Crippen molar-refractivity contribution in [3.05, 3.63) is 54.6 Å². The predicted octanol–water partition coefficient (Wildman–Crippen LogP) is 6.37. The molecule has 0 atom stereocenters. The molecule has 7 nitrogen and oxygen atoms in total. The van der Waals surface area contributed by atoms with Crippen LogP contribution in [0.2, 0.25) is 0 Å². The van der Waals surface area contributed by atoms with Crippen molar-refractivity contribution in [2.24, 2.45) is 0 Å². The number of ether oxygens (including phenoxy) is 3. The molecule has 0 amide bonds. The smallest absolute Gasteiger partial charge is 0.497 e. The van der Waals surface area contributed by atoms with Gasteiger partial charge in [-0.15, -0.1) is 0 Å². The predicted molar refractivity (Wildman–Crippen MR) is 135 cm³/mol. The summed E-state index contributed by atoms with van der Waals surface area (Å²) in [7, 11) is -2.40. The largest absolute Gasteiger partial charge is 0.534 e. The Kier molecular flexibility index (Phi) is 9.50. The molecular weight excluding hydrogens is 511 g/mol. The number of hydrogen-bond acceptors (Lipinski definition) is 7. The van der Waals surface area contributed by atoms with E-state index in [4.69, 9.17) is 14.2 Å². The normalized spacial score (nSPS) is 12.1. The summed E-state index contributed by atoms with van der Waals surface area (Å²) in [5.74, 6) is 0.569. The molecule has 0 radical (unpaired) electrons. The van der Waals surface area contributed by atoms with Crippen molar-refractivity contribution in [1.29, 1.82) is 0 Å². The van der Waals surface area contributed by atoms with Crippen LogP contribution < -0.4 is 18.4 Å². The molecule has 0 aromatic heterocycles. The van der Waals surface area contributed by atoms with Gasteiger partial charge in [0.25, 0.3) is 0 Å². The molecule has 0 aliphatic rings. The molecule has 37 heavy (non-hydrogen) atoms. The van der Waals surface area contributed by atoms with Gasteiger partial charge in [-0.3, -0.25) is 0 Å². The first-order valence-electron chi connectivity index (χ1n) is 11.7. The minimum absolute atomic E-state index is 0.185. The van der Waals surface area contributed by atoms with Crippen molar-refractivity contribution in [2.75, 3.05) is 33.9 Å². The molecule has 0 heterocycles. The first-order chi connectivity index (χ1) is 17.5. The summed E-state index contributed by atoms with van der Waals surface area (Å²) in [6.45, 7) is 4.40. The van der Waals surface area contributed by atoms with Gasteiger partial charge in [0.05, 0.1) is 7.11 Å². The second-order valence-corrected chi connectivity index (χ2v) is 9.93. The third-order valence-corrected chi connectivity index (χ3v) is 6.52. The van der Waals surface area contributed by atoms with Gasteiger partial charge < -0.3 is 23.3 Å². The second-order valence-electron chi connectivity index (χ2n) is 8.40. The summed E-state index contributed by atoms with van der Waals surface area (Å²) in [5.41, 5.74) is -5.60. The Morgan fingerprint density at radius 1 is 0.892 bits per heavy atom. The highest BCUT2D eigenvalue weighted by Gasteiger charge is 2.49. The van der Waals surface area contributed by atoms with Crippen molar-refractivity contribution in [3.8, 4) is 28.7 Å². The van der Waals surface area contributed by atoms with Crippen molar-refractivity contribution in [1.82, 2.24) is 4.90 Å². The molecule has 0 aliphatic heterocycles. The van der Waals surface area contributed by atoms with Crippen LogP contribution in [0.4, 0.5) is 13.2 Å². The molecule has 0 bridgehead atoms. The first-order valence-corrected chi connectivity index (χ1v) is 13.2. The number of hydrogen-bond donors (Lipinski definition) is 0. The number of unbranched alkanes of at least 4 members (excludes halogenated alkanes) is 2. The fourth-order valence-electron chi connectivity index (χ4n) is 3.51. The van der Waals surface area contributed by atoms with Crippen LogP contribution in [-0.4, -0.2) is 52.7 Å². The molecule has 11 heteroatoms. The van der Waals surface area contributed by atoms with E-state index in [1.165, 1.54) is 19.6 Å². The highest BCUT2D eigenvalue weighted by Crippen LogP contribution is 2.42. The summed E-state index contributed by atoms with van der Waals surface area (Å²) in [5, 5.41) is 0.885. The van der Waals surface area contributed by atoms with Crippen molar-refractivity contribution < 1.29 is 40.0 Å². The van der Waals surface area contributed by atoms with Crippen LogP contribution >= 0.6 is 0 Å². The quantitative estimate of drug-likeness (QED) is 0.141. The van der Waals surface area contributed by atoms with E-state index in [1.807, 2.05) is 7.05 Å². The van der Waals surface area contributed by atoms with Crippen molar-refractivity contribution in [3.63, 3.8) is 0 Å². The summed E-state index contributed by atoms with van der Waals surface area (Å²) >= 11 is 0. The molecule has 0 aliphatic carbocycles. The van der Waals surface area contributed by atoms with Crippen molar-refractivity contribution >= 4 is 20.9 Å². The number of methoxy groups -OCH3 is 1. The maximum absolute atomic E-state index is 13.0. The molecule has 0 saturated heterocycles. The molecule has 0 N–H and O–H groups in total. The number of benzene rings is 3. The van der Waals surface area contributed by atoms with Gasteiger partial charge in [0.15, 0.2) is 11.5 Å². The molecule has 0 saturated carbocycles. The van der Waals surface area contributed by atoms with Crippen LogP contribution in [0.25, 0.3) is 10.8 Å². The topological polar surface area (TPSA) is 74.3 Å². The number of rotatable bonds is 13. The molecule has 3 rings (SSSR count). The highest BCUT2D eigenvalue weighted by molar-refractivity contribution is 7.88. The lowest BCUT2D eigenvalue weighted by Crippen LogP contribution is -2.28. The van der Waals surface area contributed by atoms with E-state index < -0.39 is 21.4 Å². The van der Waals surface area contributed by atoms with Crippen LogP contribution in [0.1, 0.15) is 26.2 Å². The van der Waals surface area contributed by atoms with Crippen molar-refractivity contribution in [2.45, 2.75) is 31.7 Å². The maximum atomic E-state index is 13.0. The standard InChI is InChI=1S/C26H30F3NO6S/c1-4-5-6-15-30(2)16-17-34-20-8-10-21(11-9-20)35-25-23-13-12-22(33-3)18-19(23)7-14-24(25)36-37(31,32)26(27,28)29/h7-14,18H,4-6,15-17H2,1-3H3. The lowest BCUT2D eigenvalue weighted by atomic mass is 10.1. The molecule has 202 valence electrons. The lowest BCUT2D eigenvalue weighted by Gasteiger charge is -2.17. The fourth-order valence-corrected chi connectivity index (χ4v) is 3.97. The Hall–Kier alpha value is -3.18. The highest BCUT2D eigenvalue weighted by atomic mass is 32.2. The second kappa shape index (κ2) is 12.4. The zero-order valence-corrected chi connectivity index (χ0v) is 21.7. The number of nitrogens with zero attached hydrogens (tertiary/aromatic N) is 1. The van der Waals surface area contributed by atoms with Gasteiger partial charge in [-0.05, 0) is 73.9 Å². The van der Waals surface area contributed by atoms with Gasteiger partial charge in [0.2, 0.25) is 0 Å². The van der Waals surface area contributed by atoms with Crippen LogP contribution in [0.3, 0.4) is 0 Å². The third kappa shape index (κ3) is 7.65. The Labute approximate surface area is 214 Å². The van der Waals surface area contributed by atoms with E-state index in [2.05, 4.69) is 16.0 Å². The summed E-state index contributed by atoms with van der Waals surface area (Å²) in [6.07, 6.45) is 3.49. The number of likely N-dealkylation sites (N-methyl/N-ethyl adjacent to an activating group) is 1. The molecule has 0 spiro atoms. The molecule has 3 aromatic carbocycles. The molecule has 3 aromatic rings. The van der Waals surface area contributed by atoms with Gasteiger partial charge in [-0.2, -0.15) is 21.6 Å². The molecular formula is C26H30F3NO6S. The van der Waals surface area contributed by atoms with Gasteiger partial charge in [0.1, 0.15) is 23.9 Å². The van der Waals surface area contributed by atoms with Crippen LogP contribution in [0.5, 0.6) is 28.7 Å². The van der Waals surface area contributed by atoms with E-state index in [1.54, 1.807) is 42.5 Å². The summed E-state index contributed by atoms with van der Waals surface area (Å²) in [4.78, 5) is 2.19. The monoisotopic (exact) mass is 541 g/mol. The number of fused-ring (bicyclic) bond motifs is 1. The Morgan fingerprint density at radius 3 is 2.22 bits per heavy atom. The Balaban J connectivity index is 1.79. The first kappa shape index (κ1) is 28.4. The minimum atomic E-state index is -5.91. The Morgan fingerprint density at radius 2 is 1.57 bits per heavy atom. The van der Waals surface area contributed by atoms with E-state index in [9.17, 15) is 21.6 Å². The van der Waals surface area contributed by atoms with Gasteiger partial charge in [0, 0.05) is 11.9 Å². The third-order valence-electron chi connectivity index (χ3n) is 5.55. The van der Waals surface area contributed by atoms with Gasteiger partial charge >= 0.3 is 15.6 Å². The summed E-state index contributed by atoms with van der Waals surface area (Å²) < 4.78 is 83.5. The maximum Gasteiger partial charge on any atom is 0.534 e. The fraction of sp³-hybridized carbons (Fsp3) is 0.385. The zero-order valence-electron chi connectivity index (χ0n) is 20.9. The average Bonchev–Trinajstić information content (AvgIpc) is 2.85. The van der Waals surface area contributed by atoms with Gasteiger partial charge in [-0.25, -0.2) is 0 Å². The zero-order chi connectivity index (χ0) is 27.1. The number of halogens is 3. The SMILES string of the molecule is CCCCCN(C)CCOc1ccc(Oc2c(OS(=O)(=O)C(F)(F)F)ccc3cc(OC)ccc23)cc1.